The normalized spacial score (nSPS) is 11.9. The molecule has 0 aliphatic heterocycles. The highest BCUT2D eigenvalue weighted by Gasteiger charge is 2.20. The van der Waals surface area contributed by atoms with Gasteiger partial charge in [-0.3, -0.25) is 14.9 Å². The fraction of sp³-hybridized carbons (Fsp3) is 0.364. The molecule has 8 heteroatoms. The van der Waals surface area contributed by atoms with Crippen LogP contribution in [0.4, 0.5) is 5.69 Å². The van der Waals surface area contributed by atoms with Crippen LogP contribution in [-0.2, 0) is 4.79 Å². The second kappa shape index (κ2) is 7.05. The maximum atomic E-state index is 10.9. The highest BCUT2D eigenvalue weighted by Crippen LogP contribution is 2.33. The number of nitrogens with one attached hydrogen (secondary N) is 1. The van der Waals surface area contributed by atoms with E-state index in [1.165, 1.54) is 18.2 Å². The number of carboxylic acid groups (broad SMARTS) is 1. The molecule has 0 radical (unpaired) electrons. The molecule has 19 heavy (non-hydrogen) atoms. The van der Waals surface area contributed by atoms with Gasteiger partial charge in [0.15, 0.2) is 0 Å². The van der Waals surface area contributed by atoms with Gasteiger partial charge in [0, 0.05) is 6.07 Å². The van der Waals surface area contributed by atoms with Gasteiger partial charge in [-0.15, -0.1) is 0 Å². The number of ether oxygens (including phenoxy) is 1. The first-order chi connectivity index (χ1) is 8.97. The molecule has 1 rings (SSSR count). The van der Waals surface area contributed by atoms with E-state index < -0.39 is 16.9 Å². The molecular formula is C11H13BrN2O5. The van der Waals surface area contributed by atoms with Gasteiger partial charge in [-0.2, -0.15) is 0 Å². The van der Waals surface area contributed by atoms with E-state index in [1.54, 1.807) is 6.92 Å². The first kappa shape index (κ1) is 15.4. The van der Waals surface area contributed by atoms with Crippen LogP contribution >= 0.6 is 15.9 Å². The molecule has 1 aromatic carbocycles. The second-order valence-electron chi connectivity index (χ2n) is 3.61. The molecule has 1 unspecified atom stereocenters. The SMILES string of the molecule is CCNC(COc1cccc([N+](=O)[O-])c1Br)C(=O)O. The van der Waals surface area contributed by atoms with Crippen molar-refractivity contribution in [3.05, 3.63) is 32.8 Å². The molecule has 0 aliphatic carbocycles. The van der Waals surface area contributed by atoms with Gasteiger partial charge in [0.1, 0.15) is 22.9 Å². The number of aliphatic carboxylic acids is 1. The van der Waals surface area contributed by atoms with Gasteiger partial charge < -0.3 is 15.2 Å². The number of rotatable bonds is 7. The Morgan fingerprint density at radius 1 is 1.63 bits per heavy atom. The smallest absolute Gasteiger partial charge is 0.324 e. The Bertz CT molecular complexity index is 480. The zero-order valence-corrected chi connectivity index (χ0v) is 11.7. The third-order valence-corrected chi connectivity index (χ3v) is 3.09. The van der Waals surface area contributed by atoms with Crippen molar-refractivity contribution in [2.75, 3.05) is 13.2 Å². The first-order valence-corrected chi connectivity index (χ1v) is 6.28. The van der Waals surface area contributed by atoms with Crippen LogP contribution in [0.1, 0.15) is 6.92 Å². The maximum absolute atomic E-state index is 10.9. The molecule has 0 fully saturated rings. The number of carbonyl (C=O) groups is 1. The van der Waals surface area contributed by atoms with Gasteiger partial charge in [-0.05, 0) is 28.5 Å². The van der Waals surface area contributed by atoms with E-state index in [4.69, 9.17) is 9.84 Å². The lowest BCUT2D eigenvalue weighted by Gasteiger charge is -2.14. The van der Waals surface area contributed by atoms with Crippen LogP contribution in [0.15, 0.2) is 22.7 Å². The number of hydrogen-bond donors (Lipinski definition) is 2. The highest BCUT2D eigenvalue weighted by atomic mass is 79.9. The van der Waals surface area contributed by atoms with Crippen molar-refractivity contribution in [1.82, 2.24) is 5.32 Å². The van der Waals surface area contributed by atoms with Crippen molar-refractivity contribution in [3.63, 3.8) is 0 Å². The lowest BCUT2D eigenvalue weighted by Crippen LogP contribution is -2.41. The van der Waals surface area contributed by atoms with Crippen LogP contribution in [-0.4, -0.2) is 35.2 Å². The molecule has 0 bridgehead atoms. The summed E-state index contributed by atoms with van der Waals surface area (Å²) in [7, 11) is 0. The highest BCUT2D eigenvalue weighted by molar-refractivity contribution is 9.10. The molecule has 0 aliphatic rings. The van der Waals surface area contributed by atoms with E-state index in [0.717, 1.165) is 0 Å². The predicted molar refractivity (Wildman–Crippen MR) is 71.4 cm³/mol. The van der Waals surface area contributed by atoms with Crippen LogP contribution in [0, 0.1) is 10.1 Å². The predicted octanol–water partition coefficient (Wildman–Crippen LogP) is 1.80. The molecule has 0 amide bonds. The van der Waals surface area contributed by atoms with Gasteiger partial charge in [-0.1, -0.05) is 13.0 Å². The summed E-state index contributed by atoms with van der Waals surface area (Å²) in [6.07, 6.45) is 0. The molecule has 7 nitrogen and oxygen atoms in total. The largest absolute Gasteiger partial charge is 0.490 e. The molecule has 1 aromatic rings. The first-order valence-electron chi connectivity index (χ1n) is 5.49. The summed E-state index contributed by atoms with van der Waals surface area (Å²) < 4.78 is 5.50. The van der Waals surface area contributed by atoms with Gasteiger partial charge in [0.25, 0.3) is 5.69 Å². The number of hydrogen-bond acceptors (Lipinski definition) is 5. The second-order valence-corrected chi connectivity index (χ2v) is 4.40. The average Bonchev–Trinajstić information content (AvgIpc) is 2.35. The Hall–Kier alpha value is -1.67. The Morgan fingerprint density at radius 3 is 2.84 bits per heavy atom. The van der Waals surface area contributed by atoms with Crippen molar-refractivity contribution in [2.24, 2.45) is 0 Å². The summed E-state index contributed by atoms with van der Waals surface area (Å²) in [5, 5.41) is 22.4. The molecule has 0 spiro atoms. The summed E-state index contributed by atoms with van der Waals surface area (Å²) in [4.78, 5) is 21.1. The Kier molecular flexibility index (Phi) is 5.71. The fourth-order valence-electron chi connectivity index (χ4n) is 1.39. The molecular weight excluding hydrogens is 320 g/mol. The van der Waals surface area contributed by atoms with Crippen molar-refractivity contribution in [1.29, 1.82) is 0 Å². The van der Waals surface area contributed by atoms with Crippen molar-refractivity contribution in [2.45, 2.75) is 13.0 Å². The minimum Gasteiger partial charge on any atom is -0.490 e. The third-order valence-electron chi connectivity index (χ3n) is 2.29. The minimum atomic E-state index is -1.04. The molecule has 0 saturated heterocycles. The monoisotopic (exact) mass is 332 g/mol. The standard InChI is InChI=1S/C11H13BrN2O5/c1-2-13-7(11(15)16)6-19-9-5-3-4-8(10(9)12)14(17)18/h3-5,7,13H,2,6H2,1H3,(H,15,16). The zero-order valence-electron chi connectivity index (χ0n) is 10.1. The van der Waals surface area contributed by atoms with Crippen molar-refractivity contribution in [3.8, 4) is 5.75 Å². The number of benzene rings is 1. The zero-order chi connectivity index (χ0) is 14.4. The van der Waals surface area contributed by atoms with E-state index in [1.807, 2.05) is 0 Å². The van der Waals surface area contributed by atoms with Crippen LogP contribution in [0.3, 0.4) is 0 Å². The summed E-state index contributed by atoms with van der Waals surface area (Å²) in [5.74, 6) is -0.804. The van der Waals surface area contributed by atoms with Crippen molar-refractivity contribution >= 4 is 27.6 Å². The summed E-state index contributed by atoms with van der Waals surface area (Å²) >= 11 is 3.07. The topological polar surface area (TPSA) is 102 Å². The molecule has 104 valence electrons. The van der Waals surface area contributed by atoms with Gasteiger partial charge in [0.2, 0.25) is 0 Å². The summed E-state index contributed by atoms with van der Waals surface area (Å²) in [6.45, 7) is 2.14. The summed E-state index contributed by atoms with van der Waals surface area (Å²) in [5.41, 5.74) is -0.132. The van der Waals surface area contributed by atoms with Gasteiger partial charge in [0.05, 0.1) is 4.92 Å². The average molecular weight is 333 g/mol. The van der Waals surface area contributed by atoms with E-state index in [2.05, 4.69) is 21.2 Å². The van der Waals surface area contributed by atoms with E-state index in [-0.39, 0.29) is 22.5 Å². The Balaban J connectivity index is 2.80. The third kappa shape index (κ3) is 4.18. The van der Waals surface area contributed by atoms with Crippen molar-refractivity contribution < 1.29 is 19.6 Å². The van der Waals surface area contributed by atoms with E-state index in [0.29, 0.717) is 6.54 Å². The summed E-state index contributed by atoms with van der Waals surface area (Å²) in [6, 6.07) is 3.47. The van der Waals surface area contributed by atoms with Crippen LogP contribution in [0.5, 0.6) is 5.75 Å². The number of carboxylic acids is 1. The number of nitro groups is 1. The molecule has 0 saturated carbocycles. The lowest BCUT2D eigenvalue weighted by atomic mass is 10.3. The molecule has 1 atom stereocenters. The Morgan fingerprint density at radius 2 is 2.32 bits per heavy atom. The van der Waals surface area contributed by atoms with Gasteiger partial charge in [-0.25, -0.2) is 0 Å². The van der Waals surface area contributed by atoms with E-state index >= 15 is 0 Å². The number of likely N-dealkylation sites (N-methyl/N-ethyl adjacent to an activating group) is 1. The molecule has 2 N–H and O–H groups in total. The number of halogens is 1. The van der Waals surface area contributed by atoms with Crippen LogP contribution < -0.4 is 10.1 Å². The quantitative estimate of drug-likeness (QED) is 0.583. The Labute approximate surface area is 117 Å². The maximum Gasteiger partial charge on any atom is 0.324 e. The lowest BCUT2D eigenvalue weighted by molar-refractivity contribution is -0.385. The molecule has 0 aromatic heterocycles. The minimum absolute atomic E-state index is 0.122. The molecule has 0 heterocycles. The number of nitro benzene ring substituents is 1. The van der Waals surface area contributed by atoms with E-state index in [9.17, 15) is 14.9 Å². The van der Waals surface area contributed by atoms with Gasteiger partial charge >= 0.3 is 5.97 Å². The number of nitrogens with zero attached hydrogens (tertiary/aromatic N) is 1. The fourth-order valence-corrected chi connectivity index (χ4v) is 1.91. The van der Waals surface area contributed by atoms with Crippen LogP contribution in [0.25, 0.3) is 0 Å². The van der Waals surface area contributed by atoms with Crippen LogP contribution in [0.2, 0.25) is 0 Å².